The van der Waals surface area contributed by atoms with Crippen LogP contribution < -0.4 is 21.9 Å². The number of nitrogens with two attached hydrogens (primary N) is 1. The number of aromatic amines is 1. The zero-order valence-electron chi connectivity index (χ0n) is 17.0. The first-order valence-corrected chi connectivity index (χ1v) is 9.80. The fraction of sp³-hybridized carbons (Fsp3) is 0.650. The molecule has 1 saturated carbocycles. The van der Waals surface area contributed by atoms with Crippen molar-refractivity contribution in [2.75, 3.05) is 5.73 Å². The van der Waals surface area contributed by atoms with Gasteiger partial charge in [0.2, 0.25) is 6.41 Å². The highest BCUT2D eigenvalue weighted by molar-refractivity contribution is 5.68. The summed E-state index contributed by atoms with van der Waals surface area (Å²) in [5.41, 5.74) is 7.43. The van der Waals surface area contributed by atoms with Crippen molar-refractivity contribution >= 4 is 18.2 Å². The maximum Gasteiger partial charge on any atom is 0.407 e. The summed E-state index contributed by atoms with van der Waals surface area (Å²) in [5, 5.41) is 5.91. The number of amides is 2. The van der Waals surface area contributed by atoms with Gasteiger partial charge < -0.3 is 26.1 Å². The maximum atomic E-state index is 12.2. The lowest BCUT2D eigenvalue weighted by molar-refractivity contribution is -0.112. The Balaban J connectivity index is 1.73. The number of carbonyl (C=O) groups excluding carboxylic acids is 2. The summed E-state index contributed by atoms with van der Waals surface area (Å²) in [7, 11) is 0. The van der Waals surface area contributed by atoms with Gasteiger partial charge in [-0.25, -0.2) is 4.79 Å². The Bertz CT molecular complexity index is 834. The molecule has 154 valence electrons. The zero-order chi connectivity index (χ0) is 20.7. The van der Waals surface area contributed by atoms with Crippen molar-refractivity contribution in [3.05, 3.63) is 27.2 Å². The van der Waals surface area contributed by atoms with Gasteiger partial charge in [-0.15, -0.1) is 0 Å². The van der Waals surface area contributed by atoms with Crippen molar-refractivity contribution in [3.8, 4) is 0 Å². The Morgan fingerprint density at radius 2 is 1.93 bits per heavy atom. The molecule has 5 N–H and O–H groups in total. The number of H-pyrrole nitrogens is 1. The van der Waals surface area contributed by atoms with Crippen molar-refractivity contribution < 1.29 is 14.3 Å². The third-order valence-electron chi connectivity index (χ3n) is 5.93. The Hall–Kier alpha value is -2.51. The van der Waals surface area contributed by atoms with Gasteiger partial charge in [-0.2, -0.15) is 0 Å². The molecule has 1 unspecified atom stereocenters. The number of hydrogen-bond donors (Lipinski definition) is 4. The van der Waals surface area contributed by atoms with Crippen LogP contribution in [-0.4, -0.2) is 29.1 Å². The number of pyridine rings is 1. The standard InChI is InChI=1S/C20H30N4O4/c1-11-14-9-20(22-10-25,15(14)16(21)17(26)23-11)12-5-7-13(8-6-12)24-18(27)28-19(2,3)4/h10,12-13H,5-9,21H2,1-4H3,(H,22,25)(H,23,26)(H,24,27)/t12-,13-,20?. The molecule has 28 heavy (non-hydrogen) atoms. The minimum absolute atomic E-state index is 0.0391. The van der Waals surface area contributed by atoms with E-state index in [9.17, 15) is 14.4 Å². The molecule has 0 bridgehead atoms. The van der Waals surface area contributed by atoms with E-state index in [1.54, 1.807) is 0 Å². The van der Waals surface area contributed by atoms with Crippen molar-refractivity contribution in [2.24, 2.45) is 5.92 Å². The molecular weight excluding hydrogens is 360 g/mol. The predicted octanol–water partition coefficient (Wildman–Crippen LogP) is 1.85. The molecular formula is C20H30N4O4. The van der Waals surface area contributed by atoms with E-state index < -0.39 is 17.2 Å². The van der Waals surface area contributed by atoms with Crippen LogP contribution in [0.15, 0.2) is 4.79 Å². The van der Waals surface area contributed by atoms with Gasteiger partial charge in [-0.1, -0.05) is 0 Å². The average molecular weight is 390 g/mol. The van der Waals surface area contributed by atoms with E-state index in [1.165, 1.54) is 0 Å². The number of aryl methyl sites for hydroxylation is 1. The van der Waals surface area contributed by atoms with Gasteiger partial charge in [0.15, 0.2) is 0 Å². The first kappa shape index (κ1) is 20.2. The van der Waals surface area contributed by atoms with E-state index in [1.807, 2.05) is 27.7 Å². The Labute approximate surface area is 164 Å². The van der Waals surface area contributed by atoms with Crippen LogP contribution in [0.5, 0.6) is 0 Å². The van der Waals surface area contributed by atoms with Gasteiger partial charge in [0.25, 0.3) is 5.56 Å². The summed E-state index contributed by atoms with van der Waals surface area (Å²) in [6.07, 6.45) is 4.13. The number of hydrogen-bond acceptors (Lipinski definition) is 5. The predicted molar refractivity (Wildman–Crippen MR) is 106 cm³/mol. The Morgan fingerprint density at radius 1 is 1.29 bits per heavy atom. The van der Waals surface area contributed by atoms with Gasteiger partial charge in [-0.3, -0.25) is 9.59 Å². The van der Waals surface area contributed by atoms with E-state index in [-0.39, 0.29) is 23.2 Å². The summed E-state index contributed by atoms with van der Waals surface area (Å²) < 4.78 is 5.33. The van der Waals surface area contributed by atoms with Crippen LogP contribution in [0.1, 0.15) is 63.3 Å². The molecule has 1 atom stereocenters. The van der Waals surface area contributed by atoms with Gasteiger partial charge in [0.1, 0.15) is 11.3 Å². The molecule has 2 aliphatic carbocycles. The fourth-order valence-corrected chi connectivity index (χ4v) is 4.67. The summed E-state index contributed by atoms with van der Waals surface area (Å²) in [4.78, 5) is 38.3. The first-order valence-electron chi connectivity index (χ1n) is 9.80. The molecule has 8 heteroatoms. The molecule has 1 heterocycles. The fourth-order valence-electron chi connectivity index (χ4n) is 4.67. The van der Waals surface area contributed by atoms with E-state index in [2.05, 4.69) is 15.6 Å². The molecule has 1 aromatic heterocycles. The highest BCUT2D eigenvalue weighted by Gasteiger charge is 2.52. The van der Waals surface area contributed by atoms with Gasteiger partial charge in [-0.05, 0) is 64.9 Å². The average Bonchev–Trinajstić information content (AvgIpc) is 2.56. The minimum atomic E-state index is -0.600. The number of aromatic nitrogens is 1. The molecule has 3 rings (SSSR count). The smallest absolute Gasteiger partial charge is 0.407 e. The Kier molecular flexibility index (Phi) is 5.16. The number of ether oxygens (including phenoxy) is 1. The maximum absolute atomic E-state index is 12.2. The highest BCUT2D eigenvalue weighted by atomic mass is 16.6. The van der Waals surface area contributed by atoms with Crippen LogP contribution in [0, 0.1) is 12.8 Å². The van der Waals surface area contributed by atoms with Crippen molar-refractivity contribution in [2.45, 2.75) is 77.0 Å². The largest absolute Gasteiger partial charge is 0.444 e. The number of rotatable bonds is 4. The van der Waals surface area contributed by atoms with Gasteiger partial charge >= 0.3 is 6.09 Å². The zero-order valence-corrected chi connectivity index (χ0v) is 17.0. The molecule has 0 aromatic carbocycles. The number of alkyl carbamates (subject to hydrolysis) is 1. The number of nitrogen functional groups attached to an aromatic ring is 1. The van der Waals surface area contributed by atoms with E-state index in [0.717, 1.165) is 42.5 Å². The molecule has 1 aromatic rings. The van der Waals surface area contributed by atoms with Crippen LogP contribution in [0.4, 0.5) is 10.5 Å². The molecule has 1 fully saturated rings. The van der Waals surface area contributed by atoms with Crippen molar-refractivity contribution in [1.29, 1.82) is 0 Å². The first-order chi connectivity index (χ1) is 13.1. The number of carbonyl (C=O) groups is 2. The summed E-state index contributed by atoms with van der Waals surface area (Å²) in [5.74, 6) is 0.158. The second kappa shape index (κ2) is 7.14. The normalized spacial score (nSPS) is 26.6. The number of nitrogens with one attached hydrogen (secondary N) is 3. The molecule has 0 aliphatic heterocycles. The third-order valence-corrected chi connectivity index (χ3v) is 5.93. The summed E-state index contributed by atoms with van der Waals surface area (Å²) in [6, 6.07) is 0.0391. The molecule has 0 saturated heterocycles. The third kappa shape index (κ3) is 3.59. The van der Waals surface area contributed by atoms with Crippen molar-refractivity contribution in [3.63, 3.8) is 0 Å². The van der Waals surface area contributed by atoms with E-state index in [4.69, 9.17) is 10.5 Å². The van der Waals surface area contributed by atoms with Gasteiger partial charge in [0, 0.05) is 23.7 Å². The molecule has 2 aliphatic rings. The van der Waals surface area contributed by atoms with Crippen molar-refractivity contribution in [1.82, 2.24) is 15.6 Å². The molecule has 0 radical (unpaired) electrons. The molecule has 8 nitrogen and oxygen atoms in total. The van der Waals surface area contributed by atoms with Crippen LogP contribution >= 0.6 is 0 Å². The SMILES string of the molecule is Cc1[nH]c(=O)c(N)c2c1CC2(NC=O)[C@H]1CC[C@H](NC(=O)OC(C)(C)C)CC1. The van der Waals surface area contributed by atoms with Crippen LogP contribution in [0.2, 0.25) is 0 Å². The summed E-state index contributed by atoms with van der Waals surface area (Å²) >= 11 is 0. The second-order valence-electron chi connectivity index (χ2n) is 8.95. The minimum Gasteiger partial charge on any atom is -0.444 e. The Morgan fingerprint density at radius 3 is 2.50 bits per heavy atom. The van der Waals surface area contributed by atoms with Crippen LogP contribution in [0.3, 0.4) is 0 Å². The highest BCUT2D eigenvalue weighted by Crippen LogP contribution is 2.51. The van der Waals surface area contributed by atoms with Crippen LogP contribution in [0.25, 0.3) is 0 Å². The number of anilines is 1. The van der Waals surface area contributed by atoms with Gasteiger partial charge in [0.05, 0.1) is 5.54 Å². The second-order valence-corrected chi connectivity index (χ2v) is 8.95. The van der Waals surface area contributed by atoms with Crippen LogP contribution in [-0.2, 0) is 21.5 Å². The monoisotopic (exact) mass is 390 g/mol. The quantitative estimate of drug-likeness (QED) is 0.584. The number of fused-ring (bicyclic) bond motifs is 1. The lowest BCUT2D eigenvalue weighted by Crippen LogP contribution is -2.58. The van der Waals surface area contributed by atoms with E-state index in [0.29, 0.717) is 12.8 Å². The molecule has 2 amide bonds. The van der Waals surface area contributed by atoms with E-state index >= 15 is 0 Å². The summed E-state index contributed by atoms with van der Waals surface area (Å²) in [6.45, 7) is 7.35. The molecule has 0 spiro atoms. The lowest BCUT2D eigenvalue weighted by Gasteiger charge is -2.51. The topological polar surface area (TPSA) is 126 Å². The lowest BCUT2D eigenvalue weighted by atomic mass is 9.59.